The Morgan fingerprint density at radius 1 is 1.13 bits per heavy atom. The molecule has 0 aliphatic carbocycles. The highest BCUT2D eigenvalue weighted by Crippen LogP contribution is 2.29. The van der Waals surface area contributed by atoms with Gasteiger partial charge < -0.3 is 0 Å². The molecule has 0 aliphatic heterocycles. The number of aromatic nitrogens is 3. The summed E-state index contributed by atoms with van der Waals surface area (Å²) in [5.74, 6) is 0. The minimum atomic E-state index is -4.38. The third kappa shape index (κ3) is 1.88. The van der Waals surface area contributed by atoms with Crippen molar-refractivity contribution in [2.75, 3.05) is 0 Å². The van der Waals surface area contributed by atoms with Gasteiger partial charge in [0.25, 0.3) is 0 Å². The van der Waals surface area contributed by atoms with Gasteiger partial charge in [-0.25, -0.2) is 4.98 Å². The smallest absolute Gasteiger partial charge is 0.234 e. The van der Waals surface area contributed by atoms with Gasteiger partial charge in [-0.2, -0.15) is 18.3 Å². The summed E-state index contributed by atoms with van der Waals surface area (Å²) in [4.78, 5) is 3.60. The number of fused-ring (bicyclic) bond motifs is 1. The van der Waals surface area contributed by atoms with E-state index < -0.39 is 11.7 Å². The standard InChI is InChI=1S/C9H6F3N3/c1-5-2-6-3-7(9(10,11)12)4-13-8(6)15-14-5/h2-4H,1H3. The lowest BCUT2D eigenvalue weighted by atomic mass is 10.2. The van der Waals surface area contributed by atoms with Gasteiger partial charge in [0, 0.05) is 11.6 Å². The zero-order valence-corrected chi connectivity index (χ0v) is 7.71. The molecule has 2 aromatic rings. The van der Waals surface area contributed by atoms with Crippen LogP contribution in [0.15, 0.2) is 18.3 Å². The molecule has 0 radical (unpaired) electrons. The van der Waals surface area contributed by atoms with Crippen LogP contribution in [0.3, 0.4) is 0 Å². The number of alkyl halides is 3. The highest BCUT2D eigenvalue weighted by molar-refractivity contribution is 5.74. The number of hydrogen-bond donors (Lipinski definition) is 0. The summed E-state index contributed by atoms with van der Waals surface area (Å²) in [6.07, 6.45) is -3.62. The van der Waals surface area contributed by atoms with Crippen molar-refractivity contribution < 1.29 is 13.2 Å². The van der Waals surface area contributed by atoms with E-state index in [1.807, 2.05) is 0 Å². The highest BCUT2D eigenvalue weighted by atomic mass is 19.4. The number of nitrogens with zero attached hydrogens (tertiary/aromatic N) is 3. The van der Waals surface area contributed by atoms with Crippen LogP contribution in [0.25, 0.3) is 11.0 Å². The van der Waals surface area contributed by atoms with Gasteiger partial charge in [0.2, 0.25) is 0 Å². The summed E-state index contributed by atoms with van der Waals surface area (Å²) in [7, 11) is 0. The van der Waals surface area contributed by atoms with Crippen LogP contribution in [0.2, 0.25) is 0 Å². The molecule has 0 aromatic carbocycles. The molecule has 0 saturated carbocycles. The Morgan fingerprint density at radius 2 is 1.87 bits per heavy atom. The van der Waals surface area contributed by atoms with Crippen LogP contribution >= 0.6 is 0 Å². The molecule has 6 heteroatoms. The predicted octanol–water partition coefficient (Wildman–Crippen LogP) is 2.35. The zero-order chi connectivity index (χ0) is 11.1. The van der Waals surface area contributed by atoms with E-state index in [2.05, 4.69) is 15.2 Å². The minimum Gasteiger partial charge on any atom is -0.234 e. The van der Waals surface area contributed by atoms with Crippen molar-refractivity contribution in [1.29, 1.82) is 0 Å². The Morgan fingerprint density at radius 3 is 2.53 bits per heavy atom. The Bertz CT molecular complexity index is 507. The molecular formula is C9H6F3N3. The first-order valence-electron chi connectivity index (χ1n) is 4.14. The average molecular weight is 213 g/mol. The van der Waals surface area contributed by atoms with Crippen molar-refractivity contribution >= 4 is 11.0 Å². The van der Waals surface area contributed by atoms with Crippen molar-refractivity contribution in [2.24, 2.45) is 0 Å². The van der Waals surface area contributed by atoms with Crippen LogP contribution in [0, 0.1) is 6.92 Å². The molecule has 0 unspecified atom stereocenters. The summed E-state index contributed by atoms with van der Waals surface area (Å²) in [6, 6.07) is 2.54. The predicted molar refractivity (Wildman–Crippen MR) is 47.1 cm³/mol. The first kappa shape index (κ1) is 9.82. The van der Waals surface area contributed by atoms with E-state index in [-0.39, 0.29) is 5.65 Å². The molecule has 0 N–H and O–H groups in total. The summed E-state index contributed by atoms with van der Waals surface area (Å²) in [5.41, 5.74) is -0.000348. The van der Waals surface area contributed by atoms with Gasteiger partial charge in [-0.3, -0.25) is 0 Å². The van der Waals surface area contributed by atoms with Crippen LogP contribution in [-0.2, 0) is 6.18 Å². The van der Waals surface area contributed by atoms with Crippen LogP contribution in [0.5, 0.6) is 0 Å². The molecular weight excluding hydrogens is 207 g/mol. The lowest BCUT2D eigenvalue weighted by Crippen LogP contribution is -2.05. The van der Waals surface area contributed by atoms with Gasteiger partial charge in [-0.15, -0.1) is 5.10 Å². The molecule has 0 fully saturated rings. The lowest BCUT2D eigenvalue weighted by Gasteiger charge is -2.06. The average Bonchev–Trinajstić information content (AvgIpc) is 2.15. The molecule has 15 heavy (non-hydrogen) atoms. The van der Waals surface area contributed by atoms with Gasteiger partial charge in [0.05, 0.1) is 11.3 Å². The molecule has 0 aliphatic rings. The second-order valence-electron chi connectivity index (χ2n) is 3.12. The third-order valence-electron chi connectivity index (χ3n) is 1.89. The fourth-order valence-electron chi connectivity index (χ4n) is 1.20. The zero-order valence-electron chi connectivity index (χ0n) is 7.71. The van der Waals surface area contributed by atoms with E-state index in [4.69, 9.17) is 0 Å². The molecule has 2 aromatic heterocycles. The third-order valence-corrected chi connectivity index (χ3v) is 1.89. The molecule has 2 rings (SSSR count). The number of pyridine rings is 1. The highest BCUT2D eigenvalue weighted by Gasteiger charge is 2.31. The molecule has 3 nitrogen and oxygen atoms in total. The van der Waals surface area contributed by atoms with Crippen molar-refractivity contribution in [2.45, 2.75) is 13.1 Å². The maximum atomic E-state index is 12.3. The summed E-state index contributed by atoms with van der Waals surface area (Å²) < 4.78 is 37.0. The molecule has 2 heterocycles. The van der Waals surface area contributed by atoms with Crippen LogP contribution in [0.1, 0.15) is 11.3 Å². The molecule has 0 bridgehead atoms. The maximum Gasteiger partial charge on any atom is 0.417 e. The van der Waals surface area contributed by atoms with E-state index in [1.165, 1.54) is 6.07 Å². The molecule has 0 atom stereocenters. The van der Waals surface area contributed by atoms with Gasteiger partial charge in [0.1, 0.15) is 0 Å². The van der Waals surface area contributed by atoms with Crippen molar-refractivity contribution in [1.82, 2.24) is 15.2 Å². The SMILES string of the molecule is Cc1cc2cc(C(F)(F)F)cnc2nn1. The Balaban J connectivity index is 2.64. The fraction of sp³-hybridized carbons (Fsp3) is 0.222. The quantitative estimate of drug-likeness (QED) is 0.674. The Kier molecular flexibility index (Phi) is 2.06. The molecule has 78 valence electrons. The summed E-state index contributed by atoms with van der Waals surface area (Å²) >= 11 is 0. The first-order chi connectivity index (χ1) is 6.97. The number of hydrogen-bond acceptors (Lipinski definition) is 3. The van der Waals surface area contributed by atoms with E-state index in [9.17, 15) is 13.2 Å². The van der Waals surface area contributed by atoms with Gasteiger partial charge in [0.15, 0.2) is 5.65 Å². The number of aryl methyl sites for hydroxylation is 1. The van der Waals surface area contributed by atoms with Crippen LogP contribution in [0.4, 0.5) is 13.2 Å². The van der Waals surface area contributed by atoms with Crippen molar-refractivity contribution in [3.63, 3.8) is 0 Å². The minimum absolute atomic E-state index is 0.216. The molecule has 0 saturated heterocycles. The largest absolute Gasteiger partial charge is 0.417 e. The van der Waals surface area contributed by atoms with E-state index in [0.29, 0.717) is 11.1 Å². The van der Waals surface area contributed by atoms with E-state index in [1.54, 1.807) is 6.92 Å². The monoisotopic (exact) mass is 213 g/mol. The van der Waals surface area contributed by atoms with Gasteiger partial charge in [-0.05, 0) is 19.1 Å². The second kappa shape index (κ2) is 3.15. The second-order valence-corrected chi connectivity index (χ2v) is 3.12. The van der Waals surface area contributed by atoms with Gasteiger partial charge in [-0.1, -0.05) is 0 Å². The Labute approximate surface area is 83.0 Å². The van der Waals surface area contributed by atoms with Crippen molar-refractivity contribution in [3.05, 3.63) is 29.6 Å². The normalized spacial score (nSPS) is 12.0. The number of rotatable bonds is 0. The fourth-order valence-corrected chi connectivity index (χ4v) is 1.20. The van der Waals surface area contributed by atoms with Crippen LogP contribution < -0.4 is 0 Å². The van der Waals surface area contributed by atoms with E-state index in [0.717, 1.165) is 12.3 Å². The Hall–Kier alpha value is -1.72. The van der Waals surface area contributed by atoms with E-state index >= 15 is 0 Å². The number of halogens is 3. The summed E-state index contributed by atoms with van der Waals surface area (Å²) in [5, 5.41) is 7.73. The molecule has 0 amide bonds. The van der Waals surface area contributed by atoms with Gasteiger partial charge >= 0.3 is 6.18 Å². The lowest BCUT2D eigenvalue weighted by molar-refractivity contribution is -0.137. The van der Waals surface area contributed by atoms with Crippen LogP contribution in [-0.4, -0.2) is 15.2 Å². The maximum absolute atomic E-state index is 12.3. The van der Waals surface area contributed by atoms with Crippen molar-refractivity contribution in [3.8, 4) is 0 Å². The first-order valence-corrected chi connectivity index (χ1v) is 4.14. The summed E-state index contributed by atoms with van der Waals surface area (Å²) in [6.45, 7) is 1.66. The molecule has 0 spiro atoms. The topological polar surface area (TPSA) is 38.7 Å².